The molecular formula is C14H23NO2. The Morgan fingerprint density at radius 3 is 2.29 bits per heavy atom. The van der Waals surface area contributed by atoms with Gasteiger partial charge < -0.3 is 5.11 Å². The fraction of sp³-hybridized carbons (Fsp3) is 0.929. The fourth-order valence-corrected chi connectivity index (χ4v) is 3.29. The van der Waals surface area contributed by atoms with Crippen molar-refractivity contribution in [2.45, 2.75) is 57.4 Å². The SMILES string of the molecule is O=C(O)C1(CN(CC2CC2)C2CC2)CCCC1. The molecule has 0 amide bonds. The highest BCUT2D eigenvalue weighted by atomic mass is 16.4. The summed E-state index contributed by atoms with van der Waals surface area (Å²) in [7, 11) is 0. The lowest BCUT2D eigenvalue weighted by atomic mass is 9.85. The van der Waals surface area contributed by atoms with Gasteiger partial charge in [-0.2, -0.15) is 0 Å². The van der Waals surface area contributed by atoms with Gasteiger partial charge in [-0.3, -0.25) is 9.69 Å². The molecule has 0 aromatic heterocycles. The van der Waals surface area contributed by atoms with Crippen LogP contribution in [0.1, 0.15) is 51.4 Å². The first-order valence-electron chi connectivity index (χ1n) is 7.17. The predicted molar refractivity (Wildman–Crippen MR) is 65.9 cm³/mol. The summed E-state index contributed by atoms with van der Waals surface area (Å²) < 4.78 is 0. The molecule has 3 rings (SSSR count). The smallest absolute Gasteiger partial charge is 0.310 e. The molecule has 0 radical (unpaired) electrons. The maximum Gasteiger partial charge on any atom is 0.310 e. The van der Waals surface area contributed by atoms with E-state index in [1.54, 1.807) is 0 Å². The number of hydrogen-bond acceptors (Lipinski definition) is 2. The van der Waals surface area contributed by atoms with Crippen molar-refractivity contribution in [3.63, 3.8) is 0 Å². The van der Waals surface area contributed by atoms with Crippen LogP contribution in [0.5, 0.6) is 0 Å². The Kier molecular flexibility index (Phi) is 2.89. The number of carboxylic acid groups (broad SMARTS) is 1. The molecule has 3 fully saturated rings. The van der Waals surface area contributed by atoms with E-state index in [4.69, 9.17) is 0 Å². The molecule has 0 saturated heterocycles. The summed E-state index contributed by atoms with van der Waals surface area (Å²) in [5.41, 5.74) is -0.405. The van der Waals surface area contributed by atoms with Gasteiger partial charge >= 0.3 is 5.97 Å². The fourth-order valence-electron chi connectivity index (χ4n) is 3.29. The average Bonchev–Trinajstić information content (AvgIpc) is 3.18. The van der Waals surface area contributed by atoms with Gasteiger partial charge in [0.1, 0.15) is 0 Å². The van der Waals surface area contributed by atoms with Gasteiger partial charge in [0.15, 0.2) is 0 Å². The van der Waals surface area contributed by atoms with Crippen LogP contribution >= 0.6 is 0 Å². The molecule has 3 aliphatic rings. The normalized spacial score (nSPS) is 27.6. The summed E-state index contributed by atoms with van der Waals surface area (Å²) in [5, 5.41) is 9.54. The summed E-state index contributed by atoms with van der Waals surface area (Å²) in [6.07, 6.45) is 9.33. The highest BCUT2D eigenvalue weighted by molar-refractivity contribution is 5.75. The second-order valence-electron chi connectivity index (χ2n) is 6.40. The minimum absolute atomic E-state index is 0.405. The molecule has 1 N–H and O–H groups in total. The van der Waals surface area contributed by atoms with Crippen LogP contribution in [0.3, 0.4) is 0 Å². The largest absolute Gasteiger partial charge is 0.481 e. The molecule has 96 valence electrons. The van der Waals surface area contributed by atoms with Crippen molar-refractivity contribution < 1.29 is 9.90 Å². The van der Waals surface area contributed by atoms with Crippen LogP contribution in [0, 0.1) is 11.3 Å². The average molecular weight is 237 g/mol. The summed E-state index contributed by atoms with van der Waals surface area (Å²) in [5.74, 6) is 0.333. The Morgan fingerprint density at radius 2 is 1.82 bits per heavy atom. The topological polar surface area (TPSA) is 40.5 Å². The molecule has 0 atom stereocenters. The van der Waals surface area contributed by atoms with Gasteiger partial charge in [0.25, 0.3) is 0 Å². The van der Waals surface area contributed by atoms with Gasteiger partial charge in [0.05, 0.1) is 5.41 Å². The Morgan fingerprint density at radius 1 is 1.18 bits per heavy atom. The third-order valence-electron chi connectivity index (χ3n) is 4.77. The van der Waals surface area contributed by atoms with E-state index in [0.29, 0.717) is 6.04 Å². The second kappa shape index (κ2) is 4.27. The minimum atomic E-state index is -0.545. The number of rotatable bonds is 6. The standard InChI is InChI=1S/C14H23NO2/c16-13(17)14(7-1-2-8-14)10-15(12-5-6-12)9-11-3-4-11/h11-12H,1-10H2,(H,16,17). The first-order chi connectivity index (χ1) is 8.20. The van der Waals surface area contributed by atoms with Crippen molar-refractivity contribution in [3.8, 4) is 0 Å². The second-order valence-corrected chi connectivity index (χ2v) is 6.40. The zero-order valence-corrected chi connectivity index (χ0v) is 10.5. The highest BCUT2D eigenvalue weighted by Gasteiger charge is 2.45. The van der Waals surface area contributed by atoms with Crippen LogP contribution < -0.4 is 0 Å². The Hall–Kier alpha value is -0.570. The molecule has 17 heavy (non-hydrogen) atoms. The van der Waals surface area contributed by atoms with E-state index < -0.39 is 11.4 Å². The zero-order chi connectivity index (χ0) is 11.9. The van der Waals surface area contributed by atoms with E-state index in [2.05, 4.69) is 4.90 Å². The van der Waals surface area contributed by atoms with Crippen molar-refractivity contribution in [2.75, 3.05) is 13.1 Å². The first-order valence-corrected chi connectivity index (χ1v) is 7.17. The van der Waals surface area contributed by atoms with Crippen molar-refractivity contribution in [1.82, 2.24) is 4.90 Å². The van der Waals surface area contributed by atoms with Crippen LogP contribution in [0.15, 0.2) is 0 Å². The number of nitrogens with zero attached hydrogens (tertiary/aromatic N) is 1. The van der Waals surface area contributed by atoms with E-state index in [-0.39, 0.29) is 0 Å². The van der Waals surface area contributed by atoms with E-state index in [0.717, 1.165) is 38.1 Å². The van der Waals surface area contributed by atoms with Gasteiger partial charge in [-0.15, -0.1) is 0 Å². The molecule has 3 aliphatic carbocycles. The van der Waals surface area contributed by atoms with Crippen molar-refractivity contribution >= 4 is 5.97 Å². The quantitative estimate of drug-likeness (QED) is 0.771. The van der Waals surface area contributed by atoms with Crippen LogP contribution in [-0.2, 0) is 4.79 Å². The summed E-state index contributed by atoms with van der Waals surface area (Å²) in [6, 6.07) is 0.715. The van der Waals surface area contributed by atoms with E-state index in [1.807, 2.05) is 0 Å². The Labute approximate surface area is 103 Å². The molecule has 3 heteroatoms. The van der Waals surface area contributed by atoms with Crippen molar-refractivity contribution in [1.29, 1.82) is 0 Å². The summed E-state index contributed by atoms with van der Waals surface area (Å²) >= 11 is 0. The van der Waals surface area contributed by atoms with Crippen LogP contribution in [0.4, 0.5) is 0 Å². The molecule has 0 aliphatic heterocycles. The first kappa shape index (κ1) is 11.5. The van der Waals surface area contributed by atoms with Crippen LogP contribution in [0.25, 0.3) is 0 Å². The number of carbonyl (C=O) groups is 1. The molecule has 0 aromatic rings. The molecule has 0 aromatic carbocycles. The molecule has 0 heterocycles. The lowest BCUT2D eigenvalue weighted by Gasteiger charge is -2.32. The number of hydrogen-bond donors (Lipinski definition) is 1. The zero-order valence-electron chi connectivity index (χ0n) is 10.5. The third kappa shape index (κ3) is 2.49. The number of carboxylic acids is 1. The summed E-state index contributed by atoms with van der Waals surface area (Å²) in [4.78, 5) is 14.1. The van der Waals surface area contributed by atoms with Gasteiger partial charge in [-0.1, -0.05) is 12.8 Å². The van der Waals surface area contributed by atoms with Crippen molar-refractivity contribution in [3.05, 3.63) is 0 Å². The van der Waals surface area contributed by atoms with Crippen molar-refractivity contribution in [2.24, 2.45) is 11.3 Å². The summed E-state index contributed by atoms with van der Waals surface area (Å²) in [6.45, 7) is 1.99. The highest BCUT2D eigenvalue weighted by Crippen LogP contribution is 2.42. The molecule has 0 spiro atoms. The Bertz CT molecular complexity index is 301. The van der Waals surface area contributed by atoms with Gasteiger partial charge in [0, 0.05) is 19.1 Å². The Balaban J connectivity index is 1.66. The lowest BCUT2D eigenvalue weighted by molar-refractivity contribution is -0.150. The monoisotopic (exact) mass is 237 g/mol. The number of aliphatic carboxylic acids is 1. The van der Waals surface area contributed by atoms with E-state index >= 15 is 0 Å². The molecule has 0 unspecified atom stereocenters. The minimum Gasteiger partial charge on any atom is -0.481 e. The molecule has 0 bridgehead atoms. The van der Waals surface area contributed by atoms with Crippen LogP contribution in [-0.4, -0.2) is 35.1 Å². The molecule has 3 saturated carbocycles. The van der Waals surface area contributed by atoms with Crippen LogP contribution in [0.2, 0.25) is 0 Å². The van der Waals surface area contributed by atoms with Gasteiger partial charge in [-0.05, 0) is 44.4 Å². The predicted octanol–water partition coefficient (Wildman–Crippen LogP) is 2.51. The maximum absolute atomic E-state index is 11.6. The van der Waals surface area contributed by atoms with E-state index in [9.17, 15) is 9.90 Å². The lowest BCUT2D eigenvalue weighted by Crippen LogP contribution is -2.43. The third-order valence-corrected chi connectivity index (χ3v) is 4.77. The molecular weight excluding hydrogens is 214 g/mol. The maximum atomic E-state index is 11.6. The molecule has 3 nitrogen and oxygen atoms in total. The van der Waals surface area contributed by atoms with Gasteiger partial charge in [0.2, 0.25) is 0 Å². The van der Waals surface area contributed by atoms with E-state index in [1.165, 1.54) is 32.2 Å². The van der Waals surface area contributed by atoms with Gasteiger partial charge in [-0.25, -0.2) is 0 Å².